The van der Waals surface area contributed by atoms with Gasteiger partial charge >= 0.3 is 0 Å². The molecule has 246 valence electrons. The fraction of sp³-hybridized carbons (Fsp3) is 0.316. The van der Waals surface area contributed by atoms with Crippen molar-refractivity contribution < 1.29 is 22.4 Å². The minimum absolute atomic E-state index is 0.0143. The van der Waals surface area contributed by atoms with E-state index in [4.69, 9.17) is 0 Å². The van der Waals surface area contributed by atoms with Gasteiger partial charge in [0.2, 0.25) is 11.8 Å². The lowest BCUT2D eigenvalue weighted by molar-refractivity contribution is -0.140. The number of amides is 2. The first-order chi connectivity index (χ1) is 22.5. The molecule has 4 aromatic rings. The summed E-state index contributed by atoms with van der Waals surface area (Å²) in [6, 6.07) is 26.2. The highest BCUT2D eigenvalue weighted by Gasteiger charge is 2.36. The zero-order valence-electron chi connectivity index (χ0n) is 27.2. The lowest BCUT2D eigenvalue weighted by Gasteiger charge is -2.35. The summed E-state index contributed by atoms with van der Waals surface area (Å²) in [5.74, 6) is -1.48. The number of nitrogens with one attached hydrogen (secondary N) is 1. The number of rotatable bonds is 12. The van der Waals surface area contributed by atoms with Crippen molar-refractivity contribution in [3.8, 4) is 0 Å². The van der Waals surface area contributed by atoms with Gasteiger partial charge in [-0.15, -0.1) is 0 Å². The molecule has 7 nitrogen and oxygen atoms in total. The summed E-state index contributed by atoms with van der Waals surface area (Å²) in [7, 11) is -4.23. The van der Waals surface area contributed by atoms with Crippen LogP contribution in [0.5, 0.6) is 0 Å². The fourth-order valence-electron chi connectivity index (χ4n) is 6.09. The molecule has 0 heterocycles. The molecule has 0 spiro atoms. The van der Waals surface area contributed by atoms with Gasteiger partial charge in [0.25, 0.3) is 10.0 Å². The summed E-state index contributed by atoms with van der Waals surface area (Å²) in [5.41, 5.74) is 3.87. The van der Waals surface area contributed by atoms with E-state index >= 15 is 4.39 Å². The van der Waals surface area contributed by atoms with Gasteiger partial charge in [-0.1, -0.05) is 91.2 Å². The van der Waals surface area contributed by atoms with Crippen LogP contribution >= 0.6 is 0 Å². The van der Waals surface area contributed by atoms with Crippen LogP contribution in [-0.2, 0) is 32.6 Å². The SMILES string of the molecule is Cc1ccc(S(=O)(=O)N(CC(=O)N(Cc2ccccc2F)[C@H](Cc2ccccc2)C(=O)NC2CCCC2)c2cccc(C)c2C)cc1. The third-order valence-corrected chi connectivity index (χ3v) is 10.8. The number of carbonyl (C=O) groups is 2. The number of hydrogen-bond acceptors (Lipinski definition) is 4. The zero-order chi connectivity index (χ0) is 33.6. The number of aryl methyl sites for hydroxylation is 2. The molecule has 1 aliphatic rings. The molecule has 1 fully saturated rings. The molecule has 0 saturated heterocycles. The second kappa shape index (κ2) is 14.9. The van der Waals surface area contributed by atoms with Crippen LogP contribution in [0.2, 0.25) is 0 Å². The Balaban J connectivity index is 1.60. The Hall–Kier alpha value is -4.50. The molecule has 1 saturated carbocycles. The fourth-order valence-corrected chi connectivity index (χ4v) is 7.56. The predicted octanol–water partition coefficient (Wildman–Crippen LogP) is 6.65. The zero-order valence-corrected chi connectivity index (χ0v) is 28.0. The highest BCUT2D eigenvalue weighted by molar-refractivity contribution is 7.92. The minimum atomic E-state index is -4.23. The maximum absolute atomic E-state index is 15.2. The second-order valence-corrected chi connectivity index (χ2v) is 14.2. The summed E-state index contributed by atoms with van der Waals surface area (Å²) in [4.78, 5) is 30.1. The van der Waals surface area contributed by atoms with E-state index in [1.807, 2.05) is 57.2 Å². The van der Waals surface area contributed by atoms with Crippen LogP contribution in [0.25, 0.3) is 0 Å². The van der Waals surface area contributed by atoms with Crippen LogP contribution in [0.4, 0.5) is 10.1 Å². The largest absolute Gasteiger partial charge is 0.352 e. The highest BCUT2D eigenvalue weighted by Crippen LogP contribution is 2.30. The van der Waals surface area contributed by atoms with Crippen molar-refractivity contribution in [1.29, 1.82) is 0 Å². The van der Waals surface area contributed by atoms with Gasteiger partial charge in [0, 0.05) is 24.6 Å². The van der Waals surface area contributed by atoms with Gasteiger partial charge in [-0.2, -0.15) is 0 Å². The van der Waals surface area contributed by atoms with Crippen molar-refractivity contribution in [2.75, 3.05) is 10.8 Å². The average Bonchev–Trinajstić information content (AvgIpc) is 3.57. The number of benzene rings is 4. The standard InChI is InChI=1S/C38H42FN3O4S/c1-27-20-22-33(23-21-27)47(45,46)42(35-19-11-12-28(2)29(35)3)26-37(43)41(25-31-15-7-10-18-34(31)39)36(24-30-13-5-4-6-14-30)38(44)40-32-16-8-9-17-32/h4-7,10-15,18-23,32,36H,8-9,16-17,24-26H2,1-3H3,(H,40,44)/t36-/m1/s1. The highest BCUT2D eigenvalue weighted by atomic mass is 32.2. The Kier molecular flexibility index (Phi) is 10.8. The van der Waals surface area contributed by atoms with E-state index in [2.05, 4.69) is 5.32 Å². The quantitative estimate of drug-likeness (QED) is 0.185. The lowest BCUT2D eigenvalue weighted by atomic mass is 10.0. The van der Waals surface area contributed by atoms with Crippen LogP contribution in [0.15, 0.2) is 102 Å². The Morgan fingerprint density at radius 3 is 2.19 bits per heavy atom. The van der Waals surface area contributed by atoms with Crippen molar-refractivity contribution in [2.24, 2.45) is 0 Å². The second-order valence-electron chi connectivity index (χ2n) is 12.4. The van der Waals surface area contributed by atoms with E-state index in [9.17, 15) is 18.0 Å². The summed E-state index contributed by atoms with van der Waals surface area (Å²) in [5, 5.41) is 3.14. The van der Waals surface area contributed by atoms with Crippen LogP contribution < -0.4 is 9.62 Å². The van der Waals surface area contributed by atoms with Gasteiger partial charge in [0.05, 0.1) is 10.6 Å². The average molecular weight is 656 g/mol. The summed E-state index contributed by atoms with van der Waals surface area (Å²) < 4.78 is 44.9. The van der Waals surface area contributed by atoms with E-state index in [-0.39, 0.29) is 35.4 Å². The molecule has 0 unspecified atom stereocenters. The van der Waals surface area contributed by atoms with Crippen LogP contribution in [0, 0.1) is 26.6 Å². The van der Waals surface area contributed by atoms with Gasteiger partial charge in [-0.3, -0.25) is 13.9 Å². The molecule has 4 aromatic carbocycles. The normalized spacial score (nSPS) is 14.0. The molecule has 0 radical (unpaired) electrons. The molecule has 0 aliphatic heterocycles. The number of carbonyl (C=O) groups excluding carboxylic acids is 2. The number of anilines is 1. The first-order valence-electron chi connectivity index (χ1n) is 16.1. The minimum Gasteiger partial charge on any atom is -0.352 e. The first kappa shape index (κ1) is 33.9. The van der Waals surface area contributed by atoms with Crippen molar-refractivity contribution >= 4 is 27.5 Å². The maximum Gasteiger partial charge on any atom is 0.264 e. The molecule has 5 rings (SSSR count). The predicted molar refractivity (Wildman–Crippen MR) is 183 cm³/mol. The molecule has 9 heteroatoms. The monoisotopic (exact) mass is 655 g/mol. The summed E-state index contributed by atoms with van der Waals surface area (Å²) >= 11 is 0. The van der Waals surface area contributed by atoms with Gasteiger partial charge in [-0.05, 0) is 74.6 Å². The van der Waals surface area contributed by atoms with Gasteiger partial charge in [0.1, 0.15) is 18.4 Å². The molecule has 0 aromatic heterocycles. The van der Waals surface area contributed by atoms with E-state index < -0.39 is 34.3 Å². The van der Waals surface area contributed by atoms with E-state index in [0.29, 0.717) is 11.3 Å². The topological polar surface area (TPSA) is 86.8 Å². The number of halogens is 1. The Bertz CT molecular complexity index is 1810. The Morgan fingerprint density at radius 2 is 1.51 bits per heavy atom. The Labute approximate surface area is 277 Å². The van der Waals surface area contributed by atoms with E-state index in [0.717, 1.165) is 46.7 Å². The molecule has 1 atom stereocenters. The van der Waals surface area contributed by atoms with E-state index in [1.54, 1.807) is 42.5 Å². The molecular weight excluding hydrogens is 614 g/mol. The summed E-state index contributed by atoms with van der Waals surface area (Å²) in [6.07, 6.45) is 3.88. The molecule has 2 amide bonds. The number of nitrogens with zero attached hydrogens (tertiary/aromatic N) is 2. The van der Waals surface area contributed by atoms with Gasteiger partial charge in [-0.25, -0.2) is 12.8 Å². The van der Waals surface area contributed by atoms with Gasteiger partial charge in [0.15, 0.2) is 0 Å². The Morgan fingerprint density at radius 1 is 0.851 bits per heavy atom. The van der Waals surface area contributed by atoms with E-state index in [1.165, 1.54) is 23.1 Å². The maximum atomic E-state index is 15.2. The van der Waals surface area contributed by atoms with Crippen molar-refractivity contribution in [1.82, 2.24) is 10.2 Å². The van der Waals surface area contributed by atoms with Crippen LogP contribution in [0.3, 0.4) is 0 Å². The molecule has 47 heavy (non-hydrogen) atoms. The molecular formula is C38H42FN3O4S. The molecule has 1 N–H and O–H groups in total. The van der Waals surface area contributed by atoms with Crippen LogP contribution in [0.1, 0.15) is 53.5 Å². The summed E-state index contributed by atoms with van der Waals surface area (Å²) in [6.45, 7) is 4.76. The van der Waals surface area contributed by atoms with Crippen molar-refractivity contribution in [2.45, 2.75) is 76.4 Å². The third-order valence-electron chi connectivity index (χ3n) is 9.00. The van der Waals surface area contributed by atoms with Crippen molar-refractivity contribution in [3.63, 3.8) is 0 Å². The lowest BCUT2D eigenvalue weighted by Crippen LogP contribution is -2.54. The number of hydrogen-bond donors (Lipinski definition) is 1. The van der Waals surface area contributed by atoms with Crippen molar-refractivity contribution in [3.05, 3.63) is 131 Å². The molecule has 0 bridgehead atoms. The smallest absolute Gasteiger partial charge is 0.264 e. The van der Waals surface area contributed by atoms with Gasteiger partial charge < -0.3 is 10.2 Å². The van der Waals surface area contributed by atoms with Crippen LogP contribution in [-0.4, -0.2) is 43.8 Å². The number of sulfonamides is 1. The first-order valence-corrected chi connectivity index (χ1v) is 17.5. The molecule has 1 aliphatic carbocycles. The third kappa shape index (κ3) is 8.08.